The molecule has 1 atom stereocenters. The summed E-state index contributed by atoms with van der Waals surface area (Å²) >= 11 is 0. The van der Waals surface area contributed by atoms with Crippen LogP contribution in [0.15, 0.2) is 47.7 Å². The average molecular weight is 396 g/mol. The number of rotatable bonds is 8. The number of carbonyl (C=O) groups is 1. The van der Waals surface area contributed by atoms with Gasteiger partial charge in [-0.2, -0.15) is 0 Å². The second kappa shape index (κ2) is 9.75. The molecule has 1 aromatic carbocycles. The molecule has 1 aliphatic heterocycles. The van der Waals surface area contributed by atoms with Gasteiger partial charge in [-0.15, -0.1) is 0 Å². The van der Waals surface area contributed by atoms with Crippen molar-refractivity contribution in [2.75, 3.05) is 26.3 Å². The van der Waals surface area contributed by atoms with Crippen molar-refractivity contribution in [2.45, 2.75) is 59.8 Å². The zero-order valence-electron chi connectivity index (χ0n) is 18.7. The number of aryl methyl sites for hydroxylation is 1. The standard InChI is InChI=1S/C26H37NO2/c1-5-26(18-20(2)3,19-22-8-6-21(4)7-9-22)25(28)23-10-12-24(13-11-23)27-14-16-29-17-15-27/h6-10,13,20H,5,11-12,14-19H2,1-4H3. The van der Waals surface area contributed by atoms with E-state index in [1.807, 2.05) is 0 Å². The van der Waals surface area contributed by atoms with Gasteiger partial charge in [-0.25, -0.2) is 0 Å². The van der Waals surface area contributed by atoms with E-state index in [0.29, 0.717) is 11.7 Å². The van der Waals surface area contributed by atoms with Crippen molar-refractivity contribution in [3.8, 4) is 0 Å². The predicted octanol–water partition coefficient (Wildman–Crippen LogP) is 5.49. The Morgan fingerprint density at radius 1 is 1.10 bits per heavy atom. The van der Waals surface area contributed by atoms with Crippen molar-refractivity contribution in [3.05, 3.63) is 58.8 Å². The lowest BCUT2D eigenvalue weighted by Crippen LogP contribution is -2.37. The lowest BCUT2D eigenvalue weighted by molar-refractivity contribution is -0.126. The van der Waals surface area contributed by atoms with Crippen LogP contribution in [-0.2, 0) is 16.0 Å². The molecule has 3 heteroatoms. The lowest BCUT2D eigenvalue weighted by Gasteiger charge is -2.36. The fraction of sp³-hybridized carbons (Fsp3) is 0.577. The van der Waals surface area contributed by atoms with Crippen molar-refractivity contribution in [3.63, 3.8) is 0 Å². The lowest BCUT2D eigenvalue weighted by atomic mass is 9.68. The van der Waals surface area contributed by atoms with Crippen LogP contribution >= 0.6 is 0 Å². The van der Waals surface area contributed by atoms with Crippen LogP contribution in [0, 0.1) is 18.3 Å². The zero-order chi connectivity index (χ0) is 20.9. The van der Waals surface area contributed by atoms with E-state index in [4.69, 9.17) is 4.74 Å². The van der Waals surface area contributed by atoms with Crippen molar-refractivity contribution < 1.29 is 9.53 Å². The van der Waals surface area contributed by atoms with Gasteiger partial charge in [0, 0.05) is 30.6 Å². The van der Waals surface area contributed by atoms with E-state index < -0.39 is 0 Å². The van der Waals surface area contributed by atoms with Crippen LogP contribution in [0.25, 0.3) is 0 Å². The molecule has 0 spiro atoms. The second-order valence-electron chi connectivity index (χ2n) is 9.16. The molecule has 0 bridgehead atoms. The summed E-state index contributed by atoms with van der Waals surface area (Å²) in [6.45, 7) is 12.3. The Bertz CT molecular complexity index is 753. The number of nitrogens with zero attached hydrogens (tertiary/aromatic N) is 1. The fourth-order valence-corrected chi connectivity index (χ4v) is 4.81. The maximum atomic E-state index is 13.8. The summed E-state index contributed by atoms with van der Waals surface area (Å²) in [4.78, 5) is 16.2. The number of allylic oxidation sites excluding steroid dienone is 3. The highest BCUT2D eigenvalue weighted by atomic mass is 16.5. The normalized spacial score (nSPS) is 19.6. The average Bonchev–Trinajstić information content (AvgIpc) is 2.74. The van der Waals surface area contributed by atoms with Gasteiger partial charge >= 0.3 is 0 Å². The maximum absolute atomic E-state index is 13.8. The minimum absolute atomic E-state index is 0.306. The number of hydrogen-bond donors (Lipinski definition) is 0. The molecular weight excluding hydrogens is 358 g/mol. The van der Waals surface area contributed by atoms with Gasteiger partial charge in [-0.1, -0.05) is 62.8 Å². The van der Waals surface area contributed by atoms with E-state index in [1.54, 1.807) is 0 Å². The van der Waals surface area contributed by atoms with E-state index in [1.165, 1.54) is 16.8 Å². The van der Waals surface area contributed by atoms with Crippen LogP contribution in [0.1, 0.15) is 57.6 Å². The summed E-state index contributed by atoms with van der Waals surface area (Å²) in [5.41, 5.74) is 4.60. The van der Waals surface area contributed by atoms with Gasteiger partial charge in [0.15, 0.2) is 5.78 Å². The summed E-state index contributed by atoms with van der Waals surface area (Å²) in [5.74, 6) is 0.861. The number of hydrogen-bond acceptors (Lipinski definition) is 3. The number of benzene rings is 1. The van der Waals surface area contributed by atoms with Crippen LogP contribution in [0.3, 0.4) is 0 Å². The monoisotopic (exact) mass is 395 g/mol. The Balaban J connectivity index is 1.77. The first kappa shape index (κ1) is 21.8. The molecule has 1 aliphatic carbocycles. The summed E-state index contributed by atoms with van der Waals surface area (Å²) in [6, 6.07) is 8.71. The van der Waals surface area contributed by atoms with Crippen LogP contribution < -0.4 is 0 Å². The molecule has 0 amide bonds. The Morgan fingerprint density at radius 2 is 1.79 bits per heavy atom. The van der Waals surface area contributed by atoms with E-state index in [2.05, 4.69) is 69.0 Å². The topological polar surface area (TPSA) is 29.5 Å². The van der Waals surface area contributed by atoms with Gasteiger partial charge in [0.05, 0.1) is 13.2 Å². The molecular formula is C26H37NO2. The molecule has 1 unspecified atom stereocenters. The first-order valence-corrected chi connectivity index (χ1v) is 11.2. The Labute approximate surface area is 176 Å². The highest BCUT2D eigenvalue weighted by Gasteiger charge is 2.39. The third-order valence-corrected chi connectivity index (χ3v) is 6.44. The Kier molecular flexibility index (Phi) is 7.34. The van der Waals surface area contributed by atoms with Gasteiger partial charge in [0.25, 0.3) is 0 Å². The number of carbonyl (C=O) groups excluding carboxylic acids is 1. The predicted molar refractivity (Wildman–Crippen MR) is 120 cm³/mol. The molecule has 3 nitrogen and oxygen atoms in total. The molecule has 1 fully saturated rings. The van der Waals surface area contributed by atoms with Crippen LogP contribution in [0.5, 0.6) is 0 Å². The number of morpholine rings is 1. The second-order valence-corrected chi connectivity index (χ2v) is 9.16. The zero-order valence-corrected chi connectivity index (χ0v) is 18.7. The molecule has 1 saturated heterocycles. The third-order valence-electron chi connectivity index (χ3n) is 6.44. The van der Waals surface area contributed by atoms with E-state index in [-0.39, 0.29) is 5.41 Å². The Hall–Kier alpha value is -1.87. The van der Waals surface area contributed by atoms with E-state index in [9.17, 15) is 4.79 Å². The van der Waals surface area contributed by atoms with Crippen molar-refractivity contribution in [1.29, 1.82) is 0 Å². The quantitative estimate of drug-likeness (QED) is 0.583. The molecule has 3 rings (SSSR count). The van der Waals surface area contributed by atoms with E-state index in [0.717, 1.165) is 64.0 Å². The molecule has 29 heavy (non-hydrogen) atoms. The number of Topliss-reactive ketones (excluding diaryl/α,β-unsaturated/α-hetero) is 1. The number of ether oxygens (including phenoxy) is 1. The van der Waals surface area contributed by atoms with Crippen LogP contribution in [-0.4, -0.2) is 37.0 Å². The summed E-state index contributed by atoms with van der Waals surface area (Å²) in [7, 11) is 0. The van der Waals surface area contributed by atoms with Crippen LogP contribution in [0.2, 0.25) is 0 Å². The molecule has 1 heterocycles. The minimum Gasteiger partial charge on any atom is -0.378 e. The number of ketones is 1. The summed E-state index contributed by atoms with van der Waals surface area (Å²) in [6.07, 6.45) is 8.76. The summed E-state index contributed by atoms with van der Waals surface area (Å²) in [5, 5.41) is 0. The highest BCUT2D eigenvalue weighted by molar-refractivity contribution is 6.00. The van der Waals surface area contributed by atoms with Gasteiger partial charge < -0.3 is 9.64 Å². The molecule has 1 aromatic rings. The van der Waals surface area contributed by atoms with Crippen molar-refractivity contribution >= 4 is 5.78 Å². The Morgan fingerprint density at radius 3 is 2.34 bits per heavy atom. The SMILES string of the molecule is CCC(Cc1ccc(C)cc1)(CC(C)C)C(=O)C1=CCC(N2CCOCC2)=CC1. The molecule has 0 aromatic heterocycles. The third kappa shape index (κ3) is 5.39. The fourth-order valence-electron chi connectivity index (χ4n) is 4.81. The minimum atomic E-state index is -0.306. The smallest absolute Gasteiger partial charge is 0.165 e. The molecule has 2 aliphatic rings. The first-order valence-electron chi connectivity index (χ1n) is 11.2. The largest absolute Gasteiger partial charge is 0.378 e. The molecule has 0 saturated carbocycles. The van der Waals surface area contributed by atoms with Gasteiger partial charge in [0.1, 0.15) is 0 Å². The molecule has 0 N–H and O–H groups in total. The van der Waals surface area contributed by atoms with Gasteiger partial charge in [-0.3, -0.25) is 4.79 Å². The van der Waals surface area contributed by atoms with Crippen molar-refractivity contribution in [2.24, 2.45) is 11.3 Å². The van der Waals surface area contributed by atoms with E-state index >= 15 is 0 Å². The maximum Gasteiger partial charge on any atom is 0.165 e. The van der Waals surface area contributed by atoms with Crippen LogP contribution in [0.4, 0.5) is 0 Å². The molecule has 0 radical (unpaired) electrons. The van der Waals surface area contributed by atoms with Crippen molar-refractivity contribution in [1.82, 2.24) is 4.90 Å². The van der Waals surface area contributed by atoms with Gasteiger partial charge in [0.2, 0.25) is 0 Å². The van der Waals surface area contributed by atoms with Gasteiger partial charge in [-0.05, 0) is 49.7 Å². The summed E-state index contributed by atoms with van der Waals surface area (Å²) < 4.78 is 5.47. The highest BCUT2D eigenvalue weighted by Crippen LogP contribution is 2.39. The molecule has 158 valence electrons. The first-order chi connectivity index (χ1) is 13.9.